The summed E-state index contributed by atoms with van der Waals surface area (Å²) >= 11 is 0. The molecule has 182 valence electrons. The van der Waals surface area contributed by atoms with Gasteiger partial charge in [-0.3, -0.25) is 0 Å². The molecule has 0 bridgehead atoms. The molecule has 0 saturated carbocycles. The summed E-state index contributed by atoms with van der Waals surface area (Å²) < 4.78 is 138. The van der Waals surface area contributed by atoms with Crippen molar-refractivity contribution in [3.8, 4) is 5.75 Å². The maximum absolute atomic E-state index is 15.2. The molecule has 0 fully saturated rings. The molecule has 0 spiro atoms. The molecule has 0 saturated heterocycles. The number of hydrogen-bond acceptors (Lipinski definition) is 4. The zero-order chi connectivity index (χ0) is 24.8. The van der Waals surface area contributed by atoms with Gasteiger partial charge in [0.2, 0.25) is 15.3 Å². The highest BCUT2D eigenvalue weighted by Crippen LogP contribution is 2.47. The number of benzene rings is 2. The number of fused-ring (bicyclic) bond motifs is 1. The summed E-state index contributed by atoms with van der Waals surface area (Å²) in [7, 11) is -4.16. The van der Waals surface area contributed by atoms with E-state index in [0.29, 0.717) is 12.1 Å². The molecule has 1 heterocycles. The third-order valence-electron chi connectivity index (χ3n) is 5.20. The number of anilines is 2. The van der Waals surface area contributed by atoms with Crippen LogP contribution in [0.4, 0.5) is 46.5 Å². The Labute approximate surface area is 183 Å². The minimum Gasteiger partial charge on any atom is -0.496 e. The number of methoxy groups -OCH3 is 1. The second kappa shape index (κ2) is 8.65. The van der Waals surface area contributed by atoms with Crippen molar-refractivity contribution in [3.63, 3.8) is 0 Å². The lowest BCUT2D eigenvalue weighted by Crippen LogP contribution is -2.32. The van der Waals surface area contributed by atoms with E-state index in [1.807, 2.05) is 0 Å². The van der Waals surface area contributed by atoms with Gasteiger partial charge in [0, 0.05) is 30.6 Å². The Morgan fingerprint density at radius 3 is 2.18 bits per heavy atom. The molecule has 0 radical (unpaired) electrons. The van der Waals surface area contributed by atoms with Gasteiger partial charge in [-0.1, -0.05) is 0 Å². The van der Waals surface area contributed by atoms with Crippen LogP contribution in [-0.4, -0.2) is 33.8 Å². The topological polar surface area (TPSA) is 46.6 Å². The second-order valence-corrected chi connectivity index (χ2v) is 9.40. The molecule has 4 nitrogen and oxygen atoms in total. The van der Waals surface area contributed by atoms with Crippen molar-refractivity contribution in [1.29, 1.82) is 0 Å². The second-order valence-electron chi connectivity index (χ2n) is 7.42. The van der Waals surface area contributed by atoms with E-state index in [4.69, 9.17) is 0 Å². The van der Waals surface area contributed by atoms with E-state index in [0.717, 1.165) is 36.3 Å². The van der Waals surface area contributed by atoms with Crippen LogP contribution in [0.25, 0.3) is 0 Å². The first-order valence-corrected chi connectivity index (χ1v) is 11.0. The van der Waals surface area contributed by atoms with Crippen LogP contribution in [-0.2, 0) is 16.0 Å². The third kappa shape index (κ3) is 5.17. The van der Waals surface area contributed by atoms with Crippen molar-refractivity contribution in [2.75, 3.05) is 18.6 Å². The van der Waals surface area contributed by atoms with Gasteiger partial charge in [-0.15, -0.1) is 0 Å². The maximum Gasteiger partial charge on any atom is 0.420 e. The van der Waals surface area contributed by atoms with Gasteiger partial charge in [-0.05, 0) is 36.8 Å². The Morgan fingerprint density at radius 1 is 1.06 bits per heavy atom. The van der Waals surface area contributed by atoms with Crippen LogP contribution in [0.1, 0.15) is 18.4 Å². The van der Waals surface area contributed by atoms with Crippen molar-refractivity contribution < 1.29 is 48.3 Å². The molecule has 2 aromatic rings. The molecule has 2 atom stereocenters. The monoisotopic (exact) mass is 503 g/mol. The van der Waals surface area contributed by atoms with Crippen molar-refractivity contribution >= 4 is 21.2 Å². The lowest BCUT2D eigenvalue weighted by Gasteiger charge is -2.28. The van der Waals surface area contributed by atoms with Gasteiger partial charge in [-0.25, -0.2) is 17.2 Å². The number of rotatable bonds is 4. The highest BCUT2D eigenvalue weighted by molar-refractivity contribution is 7.92. The summed E-state index contributed by atoms with van der Waals surface area (Å²) in [5.41, 5.74) is -4.83. The summed E-state index contributed by atoms with van der Waals surface area (Å²) in [5, 5.41) is 0. The van der Waals surface area contributed by atoms with E-state index < -0.39 is 80.7 Å². The quantitative estimate of drug-likeness (QED) is 0.478. The Hall–Kier alpha value is -2.57. The molecule has 1 aliphatic heterocycles. The predicted octanol–water partition coefficient (Wildman–Crippen LogP) is 6.03. The first-order chi connectivity index (χ1) is 15.1. The van der Waals surface area contributed by atoms with Crippen molar-refractivity contribution in [2.24, 2.45) is 5.92 Å². The Morgan fingerprint density at radius 2 is 1.67 bits per heavy atom. The molecule has 0 unspecified atom stereocenters. The minimum atomic E-state index is -5.02. The Bertz CT molecular complexity index is 1110. The lowest BCUT2D eigenvalue weighted by molar-refractivity contribution is -0.139. The van der Waals surface area contributed by atoms with E-state index in [1.165, 1.54) is 0 Å². The van der Waals surface area contributed by atoms with Gasteiger partial charge in [0.05, 0.1) is 23.3 Å². The van der Waals surface area contributed by atoms with E-state index in [1.54, 1.807) is 0 Å². The predicted molar refractivity (Wildman–Crippen MR) is 102 cm³/mol. The molecule has 2 aromatic carbocycles. The molecule has 3 rings (SSSR count). The van der Waals surface area contributed by atoms with E-state index >= 15 is 4.39 Å². The highest BCUT2D eigenvalue weighted by Gasteiger charge is 2.45. The number of hydrogen-bond donors (Lipinski definition) is 0. The molecule has 13 heteroatoms. The first-order valence-electron chi connectivity index (χ1n) is 9.42. The van der Waals surface area contributed by atoms with E-state index in [-0.39, 0.29) is 5.69 Å². The average Bonchev–Trinajstić information content (AvgIpc) is 2.79. The smallest absolute Gasteiger partial charge is 0.420 e. The third-order valence-corrected chi connectivity index (χ3v) is 7.12. The normalized spacial score (nSPS) is 20.8. The van der Waals surface area contributed by atoms with E-state index in [9.17, 15) is 39.2 Å². The zero-order valence-electron chi connectivity index (χ0n) is 16.8. The van der Waals surface area contributed by atoms with Gasteiger partial charge in [0.1, 0.15) is 11.6 Å². The standard InChI is InChI=1S/C20H17F8NO3S/c1-32-16-9-17-15(8-14(16)20(26,27)28)29(13-4-2-12(21)3-5-13)10-11(6-7-19(23,24)25)18(22)33(17,30)31/h2-5,8-9,11,18H,6-7,10H2,1H3/t11-,18-/m1/s1. The van der Waals surface area contributed by atoms with Gasteiger partial charge < -0.3 is 9.64 Å². The fraction of sp³-hybridized carbons (Fsp3) is 0.400. The summed E-state index contributed by atoms with van der Waals surface area (Å²) in [4.78, 5) is 0.0698. The SMILES string of the molecule is COc1cc2c(cc1C(F)(F)F)N(c1ccc(F)cc1)C[C@@H](CCC(F)(F)F)[C@H](F)S2(=O)=O. The summed E-state index contributed by atoms with van der Waals surface area (Å²) in [5.74, 6) is -3.36. The zero-order valence-corrected chi connectivity index (χ0v) is 17.7. The van der Waals surface area contributed by atoms with E-state index in [2.05, 4.69) is 4.74 Å². The van der Waals surface area contributed by atoms with Crippen molar-refractivity contribution in [3.05, 3.63) is 47.8 Å². The summed E-state index contributed by atoms with van der Waals surface area (Å²) in [6, 6.07) is 5.00. The summed E-state index contributed by atoms with van der Waals surface area (Å²) in [6.45, 7) is -0.696. The molecular formula is C20H17F8NO3S. The first kappa shape index (κ1) is 25.1. The number of nitrogens with zero attached hydrogens (tertiary/aromatic N) is 1. The molecular weight excluding hydrogens is 486 g/mol. The number of sulfone groups is 1. The van der Waals surface area contributed by atoms with Crippen LogP contribution in [0, 0.1) is 11.7 Å². The van der Waals surface area contributed by atoms with Crippen molar-refractivity contribution in [2.45, 2.75) is 35.6 Å². The van der Waals surface area contributed by atoms with Gasteiger partial charge in [0.15, 0.2) is 0 Å². The fourth-order valence-corrected chi connectivity index (χ4v) is 5.31. The van der Waals surface area contributed by atoms with Gasteiger partial charge in [0.25, 0.3) is 0 Å². The van der Waals surface area contributed by atoms with Crippen LogP contribution in [0.5, 0.6) is 5.75 Å². The van der Waals surface area contributed by atoms with Crippen LogP contribution in [0.2, 0.25) is 0 Å². The molecule has 1 aliphatic rings. The van der Waals surface area contributed by atoms with Crippen molar-refractivity contribution in [1.82, 2.24) is 0 Å². The Kier molecular flexibility index (Phi) is 6.57. The van der Waals surface area contributed by atoms with Gasteiger partial charge in [-0.2, -0.15) is 26.3 Å². The van der Waals surface area contributed by atoms with Gasteiger partial charge >= 0.3 is 12.4 Å². The van der Waals surface area contributed by atoms with Crippen LogP contribution in [0.3, 0.4) is 0 Å². The van der Waals surface area contributed by atoms with Crippen LogP contribution < -0.4 is 9.64 Å². The number of ether oxygens (including phenoxy) is 1. The fourth-order valence-electron chi connectivity index (χ4n) is 3.61. The Balaban J connectivity index is 2.27. The largest absolute Gasteiger partial charge is 0.496 e. The minimum absolute atomic E-state index is 0.0303. The average molecular weight is 503 g/mol. The number of alkyl halides is 7. The molecule has 0 aromatic heterocycles. The van der Waals surface area contributed by atoms with Crippen LogP contribution >= 0.6 is 0 Å². The highest BCUT2D eigenvalue weighted by atomic mass is 32.2. The lowest BCUT2D eigenvalue weighted by atomic mass is 10.0. The maximum atomic E-state index is 15.2. The van der Waals surface area contributed by atoms with Crippen LogP contribution in [0.15, 0.2) is 41.3 Å². The molecule has 0 N–H and O–H groups in total. The molecule has 33 heavy (non-hydrogen) atoms. The molecule has 0 amide bonds. The summed E-state index contributed by atoms with van der Waals surface area (Å²) in [6.07, 6.45) is -12.1. The number of halogens is 8. The molecule has 0 aliphatic carbocycles.